The molecule has 1 heterocycles. The van der Waals surface area contributed by atoms with Crippen LogP contribution >= 0.6 is 11.6 Å². The highest BCUT2D eigenvalue weighted by Gasteiger charge is 2.10. The van der Waals surface area contributed by atoms with Gasteiger partial charge in [0.05, 0.1) is 14.2 Å². The summed E-state index contributed by atoms with van der Waals surface area (Å²) >= 11 is 6.02. The lowest BCUT2D eigenvalue weighted by molar-refractivity contribution is 0.354. The maximum absolute atomic E-state index is 6.26. The van der Waals surface area contributed by atoms with E-state index in [1.165, 1.54) is 6.33 Å². The first-order valence-electron chi connectivity index (χ1n) is 9.10. The Morgan fingerprint density at radius 2 is 1.76 bits per heavy atom. The highest BCUT2D eigenvalue weighted by atomic mass is 35.5. The Balaban J connectivity index is 1.67. The van der Waals surface area contributed by atoms with Crippen molar-refractivity contribution in [3.63, 3.8) is 0 Å². The molecule has 3 aromatic rings. The van der Waals surface area contributed by atoms with Gasteiger partial charge in [-0.2, -0.15) is 0 Å². The van der Waals surface area contributed by atoms with Gasteiger partial charge in [0, 0.05) is 17.3 Å². The molecule has 0 amide bonds. The summed E-state index contributed by atoms with van der Waals surface area (Å²) < 4.78 is 10.6. The molecule has 0 radical (unpaired) electrons. The van der Waals surface area contributed by atoms with E-state index in [2.05, 4.69) is 20.6 Å². The predicted octanol–water partition coefficient (Wildman–Crippen LogP) is 4.44. The molecule has 152 valence electrons. The van der Waals surface area contributed by atoms with Crippen LogP contribution in [-0.4, -0.2) is 30.7 Å². The van der Waals surface area contributed by atoms with Gasteiger partial charge in [0.25, 0.3) is 0 Å². The van der Waals surface area contributed by atoms with Gasteiger partial charge in [-0.25, -0.2) is 9.97 Å². The van der Waals surface area contributed by atoms with E-state index < -0.39 is 0 Å². The molecule has 4 N–H and O–H groups in total. The third-order valence-corrected chi connectivity index (χ3v) is 4.71. The van der Waals surface area contributed by atoms with Crippen molar-refractivity contribution in [2.45, 2.75) is 13.3 Å². The maximum atomic E-state index is 6.26. The van der Waals surface area contributed by atoms with Gasteiger partial charge in [0.15, 0.2) is 23.1 Å². The van der Waals surface area contributed by atoms with Gasteiger partial charge in [0.2, 0.25) is 0 Å². The first-order valence-corrected chi connectivity index (χ1v) is 9.48. The minimum Gasteiger partial charge on any atom is -0.493 e. The van der Waals surface area contributed by atoms with Crippen LogP contribution in [0.4, 0.5) is 23.0 Å². The molecule has 0 unspecified atom stereocenters. The molecule has 3 rings (SSSR count). The molecule has 0 aliphatic heterocycles. The molecule has 29 heavy (non-hydrogen) atoms. The summed E-state index contributed by atoms with van der Waals surface area (Å²) in [6.45, 7) is 2.62. The van der Waals surface area contributed by atoms with Crippen LogP contribution in [0.5, 0.6) is 11.5 Å². The van der Waals surface area contributed by atoms with Crippen molar-refractivity contribution < 1.29 is 9.47 Å². The Bertz CT molecular complexity index is 997. The molecule has 0 saturated heterocycles. The van der Waals surface area contributed by atoms with E-state index in [1.807, 2.05) is 43.3 Å². The van der Waals surface area contributed by atoms with Crippen molar-refractivity contribution in [1.82, 2.24) is 9.97 Å². The molecule has 0 aliphatic carbocycles. The Kier molecular flexibility index (Phi) is 6.61. The quantitative estimate of drug-likeness (QED) is 0.502. The van der Waals surface area contributed by atoms with Gasteiger partial charge in [-0.15, -0.1) is 0 Å². The summed E-state index contributed by atoms with van der Waals surface area (Å²) in [6.07, 6.45) is 2.24. The van der Waals surface area contributed by atoms with Crippen LogP contribution in [0.25, 0.3) is 0 Å². The van der Waals surface area contributed by atoms with Gasteiger partial charge in [-0.3, -0.25) is 0 Å². The number of halogens is 1. The number of anilines is 4. The number of rotatable bonds is 8. The van der Waals surface area contributed by atoms with E-state index in [0.29, 0.717) is 40.4 Å². The number of benzene rings is 2. The normalized spacial score (nSPS) is 10.5. The lowest BCUT2D eigenvalue weighted by Gasteiger charge is -2.14. The second kappa shape index (κ2) is 9.34. The Morgan fingerprint density at radius 3 is 2.48 bits per heavy atom. The van der Waals surface area contributed by atoms with Gasteiger partial charge < -0.3 is 25.8 Å². The fraction of sp³-hybridized carbons (Fsp3) is 0.238. The van der Waals surface area contributed by atoms with Crippen molar-refractivity contribution in [3.05, 3.63) is 58.9 Å². The minimum atomic E-state index is 0.453. The average Bonchev–Trinajstić information content (AvgIpc) is 2.72. The van der Waals surface area contributed by atoms with Crippen LogP contribution in [-0.2, 0) is 6.42 Å². The molecule has 0 aliphatic rings. The van der Waals surface area contributed by atoms with Crippen LogP contribution < -0.4 is 25.8 Å². The highest BCUT2D eigenvalue weighted by Crippen LogP contribution is 2.29. The van der Waals surface area contributed by atoms with Crippen molar-refractivity contribution in [1.29, 1.82) is 0 Å². The number of nitrogens with one attached hydrogen (secondary N) is 2. The van der Waals surface area contributed by atoms with Crippen LogP contribution in [0.3, 0.4) is 0 Å². The molecule has 8 heteroatoms. The lowest BCUT2D eigenvalue weighted by atomic mass is 10.1. The highest BCUT2D eigenvalue weighted by molar-refractivity contribution is 6.30. The lowest BCUT2D eigenvalue weighted by Crippen LogP contribution is -2.11. The van der Waals surface area contributed by atoms with Gasteiger partial charge >= 0.3 is 0 Å². The maximum Gasteiger partial charge on any atom is 0.160 e. The third-order valence-electron chi connectivity index (χ3n) is 4.48. The summed E-state index contributed by atoms with van der Waals surface area (Å²) in [5, 5.41) is 7.19. The fourth-order valence-corrected chi connectivity index (χ4v) is 3.12. The number of hydrogen-bond acceptors (Lipinski definition) is 7. The van der Waals surface area contributed by atoms with Gasteiger partial charge in [-0.05, 0) is 54.8 Å². The summed E-state index contributed by atoms with van der Waals surface area (Å²) in [7, 11) is 3.24. The number of methoxy groups -OCH3 is 2. The molecule has 2 aromatic carbocycles. The van der Waals surface area contributed by atoms with Crippen LogP contribution in [0.2, 0.25) is 5.02 Å². The molecule has 0 fully saturated rings. The molecule has 0 atom stereocenters. The van der Waals surface area contributed by atoms with E-state index in [-0.39, 0.29) is 0 Å². The average molecular weight is 414 g/mol. The smallest absolute Gasteiger partial charge is 0.160 e. The predicted molar refractivity (Wildman–Crippen MR) is 118 cm³/mol. The standard InChI is InChI=1S/C21H24ClN5O2/c1-13-10-15(22)5-6-16(13)27-21-19(23)20(25-12-26-21)24-9-8-14-4-7-17(28-2)18(11-14)29-3/h4-7,10-12H,8-9,23H2,1-3H3,(H2,24,25,26,27). The monoisotopic (exact) mass is 413 g/mol. The van der Waals surface area contributed by atoms with E-state index in [1.54, 1.807) is 14.2 Å². The number of aromatic nitrogens is 2. The molecular weight excluding hydrogens is 390 g/mol. The zero-order valence-electron chi connectivity index (χ0n) is 16.6. The molecule has 0 saturated carbocycles. The van der Waals surface area contributed by atoms with Crippen molar-refractivity contribution >= 4 is 34.6 Å². The summed E-state index contributed by atoms with van der Waals surface area (Å²) in [6, 6.07) is 11.4. The van der Waals surface area contributed by atoms with Crippen molar-refractivity contribution in [3.8, 4) is 11.5 Å². The minimum absolute atomic E-state index is 0.453. The molecule has 0 spiro atoms. The number of nitrogens with two attached hydrogens (primary N) is 1. The van der Waals surface area contributed by atoms with E-state index in [0.717, 1.165) is 23.2 Å². The van der Waals surface area contributed by atoms with Gasteiger partial charge in [0.1, 0.15) is 12.0 Å². The Hall–Kier alpha value is -3.19. The number of aryl methyl sites for hydroxylation is 1. The molecule has 1 aromatic heterocycles. The van der Waals surface area contributed by atoms with E-state index >= 15 is 0 Å². The summed E-state index contributed by atoms with van der Waals surface area (Å²) in [4.78, 5) is 8.51. The largest absolute Gasteiger partial charge is 0.493 e. The summed E-state index contributed by atoms with van der Waals surface area (Å²) in [5.41, 5.74) is 9.71. The Labute approximate surface area is 175 Å². The van der Waals surface area contributed by atoms with Gasteiger partial charge in [-0.1, -0.05) is 17.7 Å². The molecular formula is C21H24ClN5O2. The van der Waals surface area contributed by atoms with Crippen molar-refractivity contribution in [2.75, 3.05) is 37.1 Å². The zero-order chi connectivity index (χ0) is 20.8. The fourth-order valence-electron chi connectivity index (χ4n) is 2.89. The van der Waals surface area contributed by atoms with Crippen molar-refractivity contribution in [2.24, 2.45) is 0 Å². The SMILES string of the molecule is COc1ccc(CCNc2ncnc(Nc3ccc(Cl)cc3C)c2N)cc1OC. The topological polar surface area (TPSA) is 94.3 Å². The molecule has 0 bridgehead atoms. The molecule has 7 nitrogen and oxygen atoms in total. The van der Waals surface area contributed by atoms with Crippen LogP contribution in [0.1, 0.15) is 11.1 Å². The second-order valence-corrected chi connectivity index (χ2v) is 6.87. The number of hydrogen-bond donors (Lipinski definition) is 3. The third kappa shape index (κ3) is 5.00. The number of nitrogens with zero attached hydrogens (tertiary/aromatic N) is 2. The first kappa shape index (κ1) is 20.5. The summed E-state index contributed by atoms with van der Waals surface area (Å²) in [5.74, 6) is 2.53. The first-order chi connectivity index (χ1) is 14.0. The van der Waals surface area contributed by atoms with E-state index in [9.17, 15) is 0 Å². The zero-order valence-corrected chi connectivity index (χ0v) is 17.4. The second-order valence-electron chi connectivity index (χ2n) is 6.43. The van der Waals surface area contributed by atoms with Crippen LogP contribution in [0, 0.1) is 6.92 Å². The number of nitrogen functional groups attached to an aromatic ring is 1. The Morgan fingerprint density at radius 1 is 1.00 bits per heavy atom. The van der Waals surface area contributed by atoms with E-state index in [4.69, 9.17) is 26.8 Å². The van der Waals surface area contributed by atoms with Crippen LogP contribution in [0.15, 0.2) is 42.7 Å². The number of ether oxygens (including phenoxy) is 2.